The Morgan fingerprint density at radius 1 is 1.83 bits per heavy atom. The first-order valence-corrected chi connectivity index (χ1v) is 3.99. The monoisotopic (exact) mass is 186 g/mol. The molecule has 1 aromatic rings. The molecule has 0 bridgehead atoms. The van der Waals surface area contributed by atoms with E-state index in [-0.39, 0.29) is 5.97 Å². The van der Waals surface area contributed by atoms with E-state index in [0.29, 0.717) is 17.2 Å². The average molecular weight is 186 g/mol. The number of hydrogen-bond acceptors (Lipinski definition) is 4. The summed E-state index contributed by atoms with van der Waals surface area (Å²) in [5, 5.41) is 4.38. The van der Waals surface area contributed by atoms with Crippen molar-refractivity contribution >= 4 is 18.6 Å². The van der Waals surface area contributed by atoms with Crippen LogP contribution in [0, 0.1) is 0 Å². The molecule has 4 nitrogen and oxygen atoms in total. The molecule has 1 rings (SSSR count). The van der Waals surface area contributed by atoms with Gasteiger partial charge in [-0.1, -0.05) is 0 Å². The maximum absolute atomic E-state index is 11.2. The van der Waals surface area contributed by atoms with Crippen molar-refractivity contribution in [1.29, 1.82) is 0 Å². The highest BCUT2D eigenvalue weighted by atomic mass is 32.1. The number of nitrogens with zero attached hydrogens (tertiary/aromatic N) is 2. The number of aromatic nitrogens is 2. The lowest BCUT2D eigenvalue weighted by atomic mass is 10.4. The van der Waals surface area contributed by atoms with Crippen molar-refractivity contribution < 1.29 is 9.53 Å². The van der Waals surface area contributed by atoms with Crippen LogP contribution in [0.15, 0.2) is 11.2 Å². The van der Waals surface area contributed by atoms with Gasteiger partial charge in [0.25, 0.3) is 0 Å². The first-order chi connectivity index (χ1) is 5.66. The largest absolute Gasteiger partial charge is 0.462 e. The molecule has 66 valence electrons. The fraction of sp³-hybridized carbons (Fsp3) is 0.429. The zero-order chi connectivity index (χ0) is 9.14. The summed E-state index contributed by atoms with van der Waals surface area (Å²) in [6, 6.07) is 0. The number of carbonyl (C=O) groups is 1. The standard InChI is InChI=1S/C7H10N2O2S/c1-3-11-7(10)5-4-8-9(2)6(5)12/h4,12H,3H2,1-2H3. The van der Waals surface area contributed by atoms with Crippen molar-refractivity contribution in [3.8, 4) is 0 Å². The number of rotatable bonds is 2. The van der Waals surface area contributed by atoms with Crippen LogP contribution in [0.2, 0.25) is 0 Å². The molecule has 1 heterocycles. The maximum Gasteiger partial charge on any atom is 0.342 e. The van der Waals surface area contributed by atoms with Crippen LogP contribution in [0.25, 0.3) is 0 Å². The van der Waals surface area contributed by atoms with Gasteiger partial charge in [-0.05, 0) is 6.92 Å². The number of carbonyl (C=O) groups excluding carboxylic acids is 1. The van der Waals surface area contributed by atoms with E-state index >= 15 is 0 Å². The molecule has 0 saturated heterocycles. The van der Waals surface area contributed by atoms with Gasteiger partial charge in [0.05, 0.1) is 12.8 Å². The maximum atomic E-state index is 11.2. The number of ether oxygens (including phenoxy) is 1. The predicted molar refractivity (Wildman–Crippen MR) is 46.4 cm³/mol. The van der Waals surface area contributed by atoms with Gasteiger partial charge >= 0.3 is 5.97 Å². The Balaban J connectivity index is 2.88. The topological polar surface area (TPSA) is 44.1 Å². The van der Waals surface area contributed by atoms with E-state index in [4.69, 9.17) is 4.74 Å². The van der Waals surface area contributed by atoms with E-state index < -0.39 is 0 Å². The Labute approximate surface area is 75.9 Å². The van der Waals surface area contributed by atoms with Crippen molar-refractivity contribution in [2.75, 3.05) is 6.61 Å². The summed E-state index contributed by atoms with van der Waals surface area (Å²) in [6.07, 6.45) is 1.44. The van der Waals surface area contributed by atoms with Crippen LogP contribution in [0.3, 0.4) is 0 Å². The van der Waals surface area contributed by atoms with Gasteiger partial charge in [0, 0.05) is 7.05 Å². The van der Waals surface area contributed by atoms with Crippen LogP contribution in [0.1, 0.15) is 17.3 Å². The Hall–Kier alpha value is -0.970. The first-order valence-electron chi connectivity index (χ1n) is 3.55. The fourth-order valence-electron chi connectivity index (χ4n) is 0.784. The van der Waals surface area contributed by atoms with Crippen LogP contribution in [-0.4, -0.2) is 22.4 Å². The lowest BCUT2D eigenvalue weighted by molar-refractivity contribution is 0.0522. The highest BCUT2D eigenvalue weighted by Crippen LogP contribution is 2.12. The second-order valence-electron chi connectivity index (χ2n) is 2.23. The molecule has 5 heteroatoms. The van der Waals surface area contributed by atoms with E-state index in [1.165, 1.54) is 10.9 Å². The van der Waals surface area contributed by atoms with E-state index in [1.54, 1.807) is 14.0 Å². The third-order valence-electron chi connectivity index (χ3n) is 1.40. The lowest BCUT2D eigenvalue weighted by Crippen LogP contribution is -2.04. The number of hydrogen-bond donors (Lipinski definition) is 1. The molecule has 0 aliphatic carbocycles. The van der Waals surface area contributed by atoms with Gasteiger partial charge < -0.3 is 4.74 Å². The molecule has 12 heavy (non-hydrogen) atoms. The second-order valence-corrected chi connectivity index (χ2v) is 2.65. The van der Waals surface area contributed by atoms with Gasteiger partial charge in [0.1, 0.15) is 10.6 Å². The molecule has 0 amide bonds. The number of esters is 1. The number of aryl methyl sites for hydroxylation is 1. The van der Waals surface area contributed by atoms with E-state index in [0.717, 1.165) is 0 Å². The normalized spacial score (nSPS) is 9.92. The molecule has 0 N–H and O–H groups in total. The van der Waals surface area contributed by atoms with Gasteiger partial charge in [-0.25, -0.2) is 4.79 Å². The molecular formula is C7H10N2O2S. The zero-order valence-electron chi connectivity index (χ0n) is 6.94. The summed E-state index contributed by atoms with van der Waals surface area (Å²) in [5.41, 5.74) is 0.405. The smallest absolute Gasteiger partial charge is 0.342 e. The minimum atomic E-state index is -0.379. The second kappa shape index (κ2) is 3.62. The third kappa shape index (κ3) is 1.61. The summed E-state index contributed by atoms with van der Waals surface area (Å²) in [7, 11) is 1.71. The first kappa shape index (κ1) is 9.12. The van der Waals surface area contributed by atoms with E-state index in [2.05, 4.69) is 17.7 Å². The molecule has 0 spiro atoms. The summed E-state index contributed by atoms with van der Waals surface area (Å²) in [6.45, 7) is 2.12. The summed E-state index contributed by atoms with van der Waals surface area (Å²) in [4.78, 5) is 11.2. The summed E-state index contributed by atoms with van der Waals surface area (Å²) in [5.74, 6) is -0.379. The quantitative estimate of drug-likeness (QED) is 0.551. The summed E-state index contributed by atoms with van der Waals surface area (Å²) < 4.78 is 6.29. The van der Waals surface area contributed by atoms with Gasteiger partial charge in [-0.2, -0.15) is 5.10 Å². The van der Waals surface area contributed by atoms with Gasteiger partial charge in [0.15, 0.2) is 0 Å². The molecular weight excluding hydrogens is 176 g/mol. The molecule has 1 aromatic heterocycles. The van der Waals surface area contributed by atoms with Crippen molar-refractivity contribution in [2.45, 2.75) is 11.9 Å². The van der Waals surface area contributed by atoms with E-state index in [9.17, 15) is 4.79 Å². The molecule has 0 radical (unpaired) electrons. The fourth-order valence-corrected chi connectivity index (χ4v) is 0.985. The highest BCUT2D eigenvalue weighted by Gasteiger charge is 2.13. The predicted octanol–water partition coefficient (Wildman–Crippen LogP) is 0.885. The van der Waals surface area contributed by atoms with E-state index in [1.807, 2.05) is 0 Å². The molecule has 0 aliphatic rings. The van der Waals surface area contributed by atoms with Crippen LogP contribution in [0.5, 0.6) is 0 Å². The zero-order valence-corrected chi connectivity index (χ0v) is 7.84. The third-order valence-corrected chi connectivity index (χ3v) is 1.93. The van der Waals surface area contributed by atoms with Gasteiger partial charge in [0.2, 0.25) is 0 Å². The van der Waals surface area contributed by atoms with Gasteiger partial charge in [-0.15, -0.1) is 12.6 Å². The van der Waals surface area contributed by atoms with Gasteiger partial charge in [-0.3, -0.25) is 4.68 Å². The highest BCUT2D eigenvalue weighted by molar-refractivity contribution is 7.80. The summed E-state index contributed by atoms with van der Waals surface area (Å²) >= 11 is 4.09. The van der Waals surface area contributed by atoms with Crippen molar-refractivity contribution in [3.63, 3.8) is 0 Å². The Morgan fingerprint density at radius 2 is 2.50 bits per heavy atom. The van der Waals surface area contributed by atoms with Crippen LogP contribution < -0.4 is 0 Å². The minimum Gasteiger partial charge on any atom is -0.462 e. The lowest BCUT2D eigenvalue weighted by Gasteiger charge is -1.99. The molecule has 0 atom stereocenters. The Kier molecular flexibility index (Phi) is 2.75. The average Bonchev–Trinajstić information content (AvgIpc) is 2.34. The van der Waals surface area contributed by atoms with Crippen molar-refractivity contribution in [1.82, 2.24) is 9.78 Å². The molecule has 0 fully saturated rings. The Bertz CT molecular complexity index is 296. The molecule has 0 unspecified atom stereocenters. The molecule has 0 saturated carbocycles. The molecule has 0 aliphatic heterocycles. The SMILES string of the molecule is CCOC(=O)c1cnn(C)c1S. The van der Waals surface area contributed by atoms with Crippen molar-refractivity contribution in [2.24, 2.45) is 7.05 Å². The minimum absolute atomic E-state index is 0.362. The van der Waals surface area contributed by atoms with Crippen molar-refractivity contribution in [3.05, 3.63) is 11.8 Å². The van der Waals surface area contributed by atoms with Crippen LogP contribution in [0.4, 0.5) is 0 Å². The van der Waals surface area contributed by atoms with Crippen LogP contribution >= 0.6 is 12.6 Å². The van der Waals surface area contributed by atoms with Crippen LogP contribution in [-0.2, 0) is 11.8 Å². The Morgan fingerprint density at radius 3 is 2.92 bits per heavy atom. The number of thiol groups is 1. The molecule has 0 aromatic carbocycles.